The van der Waals surface area contributed by atoms with E-state index in [2.05, 4.69) is 6.92 Å². The summed E-state index contributed by atoms with van der Waals surface area (Å²) in [7, 11) is 0. The Morgan fingerprint density at radius 2 is 1.84 bits per heavy atom. The number of likely N-dealkylation sites (tertiary alicyclic amines) is 2. The van der Waals surface area contributed by atoms with Gasteiger partial charge in [0.15, 0.2) is 0 Å². The quantitative estimate of drug-likeness (QED) is 0.736. The number of amides is 2. The van der Waals surface area contributed by atoms with E-state index in [1.807, 2.05) is 6.92 Å². The van der Waals surface area contributed by atoms with E-state index in [1.54, 1.807) is 4.90 Å². The third-order valence-electron chi connectivity index (χ3n) is 4.19. The molecule has 0 aromatic carbocycles. The molecule has 0 aromatic heterocycles. The van der Waals surface area contributed by atoms with Gasteiger partial charge in [0.1, 0.15) is 6.04 Å². The summed E-state index contributed by atoms with van der Waals surface area (Å²) < 4.78 is 0. The molecule has 4 unspecified atom stereocenters. The van der Waals surface area contributed by atoms with Crippen LogP contribution in [0.2, 0.25) is 0 Å². The highest BCUT2D eigenvalue weighted by Gasteiger charge is 2.42. The number of carboxylic acids is 1. The molecule has 6 heteroatoms. The average molecular weight is 270 g/mol. The summed E-state index contributed by atoms with van der Waals surface area (Å²) in [6, 6.07) is -1.01. The van der Waals surface area contributed by atoms with E-state index >= 15 is 0 Å². The van der Waals surface area contributed by atoms with Gasteiger partial charge in [-0.05, 0) is 25.7 Å². The van der Waals surface area contributed by atoms with Gasteiger partial charge in [0, 0.05) is 25.6 Å². The molecule has 2 aliphatic rings. The van der Waals surface area contributed by atoms with Gasteiger partial charge in [0.25, 0.3) is 0 Å². The van der Waals surface area contributed by atoms with Crippen molar-refractivity contribution in [2.75, 3.05) is 13.1 Å². The fraction of sp³-hybridized carbons (Fsp3) is 0.846. The molecule has 2 aliphatic heterocycles. The van der Waals surface area contributed by atoms with Crippen LogP contribution in [0, 0.1) is 5.92 Å². The SMILES string of the molecule is CC1CCN(C(=O)N2CC(O)CC2C(=O)O)C(C)C1. The first-order valence-corrected chi connectivity index (χ1v) is 6.88. The number of rotatable bonds is 1. The molecule has 2 amide bonds. The number of hydrogen-bond acceptors (Lipinski definition) is 3. The number of carbonyl (C=O) groups is 2. The lowest BCUT2D eigenvalue weighted by atomic mass is 9.94. The van der Waals surface area contributed by atoms with Crippen LogP contribution in [-0.4, -0.2) is 63.3 Å². The number of carboxylic acid groups (broad SMARTS) is 1. The third kappa shape index (κ3) is 2.83. The van der Waals surface area contributed by atoms with Crippen molar-refractivity contribution in [3.05, 3.63) is 0 Å². The Kier molecular flexibility index (Phi) is 3.99. The lowest BCUT2D eigenvalue weighted by Gasteiger charge is -2.39. The molecule has 19 heavy (non-hydrogen) atoms. The van der Waals surface area contributed by atoms with Gasteiger partial charge in [0.2, 0.25) is 0 Å². The number of nitrogens with zero attached hydrogens (tertiary/aromatic N) is 2. The topological polar surface area (TPSA) is 81.1 Å². The molecule has 2 N–H and O–H groups in total. The maximum absolute atomic E-state index is 12.5. The molecule has 0 aromatic rings. The smallest absolute Gasteiger partial charge is 0.326 e. The third-order valence-corrected chi connectivity index (χ3v) is 4.19. The molecule has 4 atom stereocenters. The number of hydrogen-bond donors (Lipinski definition) is 2. The highest BCUT2D eigenvalue weighted by atomic mass is 16.4. The van der Waals surface area contributed by atoms with Crippen LogP contribution in [0.15, 0.2) is 0 Å². The van der Waals surface area contributed by atoms with Crippen molar-refractivity contribution in [3.63, 3.8) is 0 Å². The average Bonchev–Trinajstić information content (AvgIpc) is 2.70. The van der Waals surface area contributed by atoms with Crippen LogP contribution in [-0.2, 0) is 4.79 Å². The van der Waals surface area contributed by atoms with Crippen LogP contribution >= 0.6 is 0 Å². The minimum atomic E-state index is -1.04. The summed E-state index contributed by atoms with van der Waals surface area (Å²) in [6.07, 6.45) is 1.29. The summed E-state index contributed by atoms with van der Waals surface area (Å²) in [4.78, 5) is 26.7. The van der Waals surface area contributed by atoms with Gasteiger partial charge in [-0.15, -0.1) is 0 Å². The number of carbonyl (C=O) groups excluding carboxylic acids is 1. The molecule has 0 bridgehead atoms. The Bertz CT molecular complexity index is 374. The largest absolute Gasteiger partial charge is 0.480 e. The lowest BCUT2D eigenvalue weighted by Crippen LogP contribution is -2.53. The van der Waals surface area contributed by atoms with E-state index in [4.69, 9.17) is 5.11 Å². The highest BCUT2D eigenvalue weighted by molar-refractivity contribution is 5.83. The lowest BCUT2D eigenvalue weighted by molar-refractivity contribution is -0.141. The van der Waals surface area contributed by atoms with Crippen molar-refractivity contribution in [1.29, 1.82) is 0 Å². The van der Waals surface area contributed by atoms with Gasteiger partial charge < -0.3 is 20.0 Å². The number of β-amino-alcohol motifs (C(OH)–C–C–N with tert-alkyl or cyclic N) is 1. The van der Waals surface area contributed by atoms with E-state index in [1.165, 1.54) is 4.90 Å². The van der Waals surface area contributed by atoms with Gasteiger partial charge in [-0.3, -0.25) is 0 Å². The van der Waals surface area contributed by atoms with E-state index in [-0.39, 0.29) is 25.0 Å². The summed E-state index contributed by atoms with van der Waals surface area (Å²) in [5.41, 5.74) is 0. The summed E-state index contributed by atoms with van der Waals surface area (Å²) in [5, 5.41) is 18.7. The standard InChI is InChI=1S/C13H22N2O4/c1-8-3-4-14(9(2)5-8)13(19)15-7-10(16)6-11(15)12(17)18/h8-11,16H,3-7H2,1-2H3,(H,17,18). The Morgan fingerprint density at radius 3 is 2.42 bits per heavy atom. The number of piperidine rings is 1. The molecular weight excluding hydrogens is 248 g/mol. The van der Waals surface area contributed by atoms with Gasteiger partial charge >= 0.3 is 12.0 Å². The zero-order valence-corrected chi connectivity index (χ0v) is 11.5. The molecule has 6 nitrogen and oxygen atoms in total. The molecule has 2 saturated heterocycles. The number of aliphatic hydroxyl groups is 1. The molecule has 0 spiro atoms. The van der Waals surface area contributed by atoms with Crippen LogP contribution < -0.4 is 0 Å². The van der Waals surface area contributed by atoms with Gasteiger partial charge in [0.05, 0.1) is 6.10 Å². The second-order valence-electron chi connectivity index (χ2n) is 5.85. The number of aliphatic hydroxyl groups excluding tert-OH is 1. The Hall–Kier alpha value is -1.30. The second kappa shape index (κ2) is 5.36. The first-order valence-electron chi connectivity index (χ1n) is 6.88. The van der Waals surface area contributed by atoms with Gasteiger partial charge in [-0.25, -0.2) is 9.59 Å². The fourth-order valence-electron chi connectivity index (χ4n) is 3.12. The van der Waals surface area contributed by atoms with E-state index < -0.39 is 18.1 Å². The second-order valence-corrected chi connectivity index (χ2v) is 5.85. The minimum absolute atomic E-state index is 0.120. The Balaban J connectivity index is 2.08. The number of urea groups is 1. The van der Waals surface area contributed by atoms with Crippen LogP contribution in [0.1, 0.15) is 33.1 Å². The maximum atomic E-state index is 12.5. The van der Waals surface area contributed by atoms with Crippen molar-refractivity contribution < 1.29 is 19.8 Å². The Morgan fingerprint density at radius 1 is 1.16 bits per heavy atom. The van der Waals surface area contributed by atoms with E-state index in [0.717, 1.165) is 12.8 Å². The van der Waals surface area contributed by atoms with Gasteiger partial charge in [-0.2, -0.15) is 0 Å². The zero-order chi connectivity index (χ0) is 14.2. The summed E-state index contributed by atoms with van der Waals surface area (Å²) in [6.45, 7) is 4.95. The predicted molar refractivity (Wildman–Crippen MR) is 68.7 cm³/mol. The highest BCUT2D eigenvalue weighted by Crippen LogP contribution is 2.26. The predicted octanol–water partition coefficient (Wildman–Crippen LogP) is 0.747. The molecule has 0 radical (unpaired) electrons. The van der Waals surface area contributed by atoms with Crippen molar-refractivity contribution in [2.45, 2.75) is 51.3 Å². The summed E-state index contributed by atoms with van der Waals surface area (Å²) in [5.74, 6) is -0.443. The molecule has 2 fully saturated rings. The number of aliphatic carboxylic acids is 1. The molecule has 2 rings (SSSR count). The normalized spacial score (nSPS) is 35.5. The zero-order valence-electron chi connectivity index (χ0n) is 11.5. The van der Waals surface area contributed by atoms with Crippen molar-refractivity contribution in [3.8, 4) is 0 Å². The van der Waals surface area contributed by atoms with Crippen molar-refractivity contribution in [1.82, 2.24) is 9.80 Å². The van der Waals surface area contributed by atoms with Crippen LogP contribution in [0.4, 0.5) is 4.79 Å². The van der Waals surface area contributed by atoms with E-state index in [0.29, 0.717) is 12.5 Å². The minimum Gasteiger partial charge on any atom is -0.480 e. The fourth-order valence-corrected chi connectivity index (χ4v) is 3.12. The first-order chi connectivity index (χ1) is 8.90. The summed E-state index contributed by atoms with van der Waals surface area (Å²) >= 11 is 0. The molecule has 0 aliphatic carbocycles. The molecule has 2 heterocycles. The van der Waals surface area contributed by atoms with E-state index in [9.17, 15) is 14.7 Å². The maximum Gasteiger partial charge on any atom is 0.326 e. The van der Waals surface area contributed by atoms with Crippen molar-refractivity contribution in [2.24, 2.45) is 5.92 Å². The molecule has 0 saturated carbocycles. The van der Waals surface area contributed by atoms with Crippen LogP contribution in [0.25, 0.3) is 0 Å². The Labute approximate surface area is 113 Å². The van der Waals surface area contributed by atoms with Gasteiger partial charge in [-0.1, -0.05) is 6.92 Å². The first kappa shape index (κ1) is 14.1. The monoisotopic (exact) mass is 270 g/mol. The molecule has 108 valence electrons. The molecular formula is C13H22N2O4. The van der Waals surface area contributed by atoms with Crippen LogP contribution in [0.3, 0.4) is 0 Å². The van der Waals surface area contributed by atoms with Crippen molar-refractivity contribution >= 4 is 12.0 Å². The van der Waals surface area contributed by atoms with Crippen LogP contribution in [0.5, 0.6) is 0 Å².